The molecule has 1 aromatic heterocycles. The molecule has 100 valence electrons. The molecule has 6 nitrogen and oxygen atoms in total. The third-order valence-electron chi connectivity index (χ3n) is 3.11. The lowest BCUT2D eigenvalue weighted by molar-refractivity contribution is 0.174. The smallest absolute Gasteiger partial charge is 0.310 e. The molecular weight excluding hydrogens is 270 g/mol. The summed E-state index contributed by atoms with van der Waals surface area (Å²) in [6, 6.07) is 3.21. The van der Waals surface area contributed by atoms with E-state index in [2.05, 4.69) is 0 Å². The zero-order chi connectivity index (χ0) is 13.7. The van der Waals surface area contributed by atoms with Gasteiger partial charge in [-0.15, -0.1) is 0 Å². The van der Waals surface area contributed by atoms with Crippen LogP contribution in [-0.4, -0.2) is 27.3 Å². The molecule has 19 heavy (non-hydrogen) atoms. The zero-order valence-corrected chi connectivity index (χ0v) is 11.1. The third kappa shape index (κ3) is 1.66. The Bertz CT molecular complexity index is 737. The molecule has 0 fully saturated rings. The maximum Gasteiger partial charge on any atom is 0.310 e. The topological polar surface area (TPSA) is 83.8 Å². The van der Waals surface area contributed by atoms with Crippen LogP contribution in [0.25, 0.3) is 10.9 Å². The number of aryl methyl sites for hydroxylation is 1. The van der Waals surface area contributed by atoms with Gasteiger partial charge in [-0.25, -0.2) is 0 Å². The van der Waals surface area contributed by atoms with Gasteiger partial charge in [-0.3, -0.25) is 4.79 Å². The fourth-order valence-corrected chi connectivity index (χ4v) is 2.91. The highest BCUT2D eigenvalue weighted by atomic mass is 32.2. The number of ether oxygens (including phenoxy) is 2. The predicted molar refractivity (Wildman–Crippen MR) is 69.3 cm³/mol. The van der Waals surface area contributed by atoms with Crippen molar-refractivity contribution in [2.24, 2.45) is 7.05 Å². The van der Waals surface area contributed by atoms with Crippen molar-refractivity contribution in [2.45, 2.75) is 4.90 Å². The number of pyridine rings is 1. The second-order valence-electron chi connectivity index (χ2n) is 4.22. The van der Waals surface area contributed by atoms with Gasteiger partial charge in [0.05, 0.1) is 5.52 Å². The molecule has 1 N–H and O–H groups in total. The highest BCUT2D eigenvalue weighted by Gasteiger charge is 2.25. The first-order chi connectivity index (χ1) is 9.00. The Morgan fingerprint density at radius 3 is 2.63 bits per heavy atom. The average Bonchev–Trinajstić information content (AvgIpc) is 2.81. The molecule has 1 unspecified atom stereocenters. The number of rotatable bonds is 1. The van der Waals surface area contributed by atoms with Gasteiger partial charge in [0.2, 0.25) is 6.79 Å². The van der Waals surface area contributed by atoms with Gasteiger partial charge < -0.3 is 23.7 Å². The van der Waals surface area contributed by atoms with E-state index in [1.807, 2.05) is 0 Å². The second-order valence-corrected chi connectivity index (χ2v) is 5.54. The Morgan fingerprint density at radius 2 is 2.00 bits per heavy atom. The number of fused-ring (bicyclic) bond motifs is 2. The summed E-state index contributed by atoms with van der Waals surface area (Å²) in [5.41, 5.74) is 0.0191. The molecule has 0 radical (unpaired) electrons. The van der Waals surface area contributed by atoms with Crippen LogP contribution in [0.15, 0.2) is 21.8 Å². The lowest BCUT2D eigenvalue weighted by atomic mass is 10.1. The maximum atomic E-state index is 12.1. The van der Waals surface area contributed by atoms with E-state index in [0.29, 0.717) is 22.4 Å². The molecule has 2 aromatic rings. The lowest BCUT2D eigenvalue weighted by Crippen LogP contribution is -2.24. The third-order valence-corrected chi connectivity index (χ3v) is 4.05. The zero-order valence-electron chi connectivity index (χ0n) is 10.3. The van der Waals surface area contributed by atoms with E-state index in [-0.39, 0.29) is 17.4 Å². The van der Waals surface area contributed by atoms with Crippen LogP contribution in [0, 0.1) is 0 Å². The molecule has 1 aliphatic rings. The van der Waals surface area contributed by atoms with Crippen molar-refractivity contribution in [2.75, 3.05) is 13.0 Å². The Kier molecular flexibility index (Phi) is 2.61. The van der Waals surface area contributed by atoms with Crippen molar-refractivity contribution in [3.05, 3.63) is 22.5 Å². The lowest BCUT2D eigenvalue weighted by Gasteiger charge is -2.12. The summed E-state index contributed by atoms with van der Waals surface area (Å²) in [5.74, 6) is 0.749. The molecule has 0 amide bonds. The maximum absolute atomic E-state index is 12.1. The van der Waals surface area contributed by atoms with Crippen LogP contribution in [0.3, 0.4) is 0 Å². The first-order valence-electron chi connectivity index (χ1n) is 5.49. The summed E-state index contributed by atoms with van der Waals surface area (Å²) in [6.45, 7) is 0.104. The first-order valence-corrected chi connectivity index (χ1v) is 7.05. The highest BCUT2D eigenvalue weighted by Crippen LogP contribution is 2.39. The Hall–Kier alpha value is -1.86. The van der Waals surface area contributed by atoms with E-state index in [1.165, 1.54) is 10.8 Å². The van der Waals surface area contributed by atoms with Gasteiger partial charge in [-0.1, -0.05) is 0 Å². The fourth-order valence-electron chi connectivity index (χ4n) is 2.14. The van der Waals surface area contributed by atoms with E-state index in [4.69, 9.17) is 9.47 Å². The molecule has 0 spiro atoms. The minimum absolute atomic E-state index is 0.103. The van der Waals surface area contributed by atoms with E-state index >= 15 is 0 Å². The van der Waals surface area contributed by atoms with Gasteiger partial charge in [-0.05, 0) is 17.2 Å². The van der Waals surface area contributed by atoms with Crippen molar-refractivity contribution in [1.82, 2.24) is 4.57 Å². The van der Waals surface area contributed by atoms with Crippen LogP contribution in [0.4, 0.5) is 0 Å². The molecule has 3 rings (SSSR count). The fraction of sp³-hybridized carbons (Fsp3) is 0.250. The van der Waals surface area contributed by atoms with E-state index in [9.17, 15) is 14.5 Å². The van der Waals surface area contributed by atoms with Crippen molar-refractivity contribution in [3.8, 4) is 17.2 Å². The number of aromatic nitrogens is 1. The van der Waals surface area contributed by atoms with Crippen LogP contribution in [-0.2, 0) is 18.2 Å². The summed E-state index contributed by atoms with van der Waals surface area (Å²) < 4.78 is 23.4. The molecule has 0 bridgehead atoms. The van der Waals surface area contributed by atoms with Crippen LogP contribution in [0.1, 0.15) is 0 Å². The van der Waals surface area contributed by atoms with Crippen LogP contribution >= 0.6 is 0 Å². The quantitative estimate of drug-likeness (QED) is 0.778. The molecule has 2 heterocycles. The molecule has 0 saturated carbocycles. The summed E-state index contributed by atoms with van der Waals surface area (Å²) in [5, 5.41) is 10.6. The van der Waals surface area contributed by atoms with Gasteiger partial charge in [0.1, 0.15) is 6.26 Å². The minimum Gasteiger partial charge on any atom is -0.611 e. The molecule has 1 aromatic carbocycles. The van der Waals surface area contributed by atoms with Crippen molar-refractivity contribution >= 4 is 22.1 Å². The van der Waals surface area contributed by atoms with Gasteiger partial charge in [0.15, 0.2) is 17.2 Å². The molecule has 1 aliphatic heterocycles. The normalized spacial score (nSPS) is 14.9. The monoisotopic (exact) mass is 281 g/mol. The summed E-state index contributed by atoms with van der Waals surface area (Å²) in [4.78, 5) is 12.0. The minimum atomic E-state index is -1.57. The largest absolute Gasteiger partial charge is 0.611 e. The average molecular weight is 281 g/mol. The standard InChI is InChI=1S/C12H11NO5S/c1-13-7-4-9-8(17-5-18-9)3-6(7)10(14)11(12(13)15)19(2)16/h3-4,14H,5H2,1-2H3. The second kappa shape index (κ2) is 4.07. The number of hydrogen-bond acceptors (Lipinski definition) is 5. The SMILES string of the molecule is Cn1c(=O)c([S+](C)[O-])c(O)c2cc3c(cc21)OCO3. The van der Waals surface area contributed by atoms with Gasteiger partial charge in [0.25, 0.3) is 4.90 Å². The summed E-state index contributed by atoms with van der Waals surface area (Å²) in [7, 11) is 1.56. The van der Waals surface area contributed by atoms with E-state index in [1.54, 1.807) is 19.2 Å². The predicted octanol–water partition coefficient (Wildman–Crippen LogP) is 0.710. The van der Waals surface area contributed by atoms with E-state index < -0.39 is 16.7 Å². The van der Waals surface area contributed by atoms with Crippen molar-refractivity contribution < 1.29 is 19.1 Å². The van der Waals surface area contributed by atoms with Gasteiger partial charge in [-0.2, -0.15) is 0 Å². The van der Waals surface area contributed by atoms with Crippen molar-refractivity contribution in [1.29, 1.82) is 0 Å². The molecule has 0 saturated heterocycles. The van der Waals surface area contributed by atoms with Crippen molar-refractivity contribution in [3.63, 3.8) is 0 Å². The molecule has 0 aliphatic carbocycles. The Morgan fingerprint density at radius 1 is 1.37 bits per heavy atom. The Labute approximate surface area is 111 Å². The molecule has 1 atom stereocenters. The van der Waals surface area contributed by atoms with E-state index in [0.717, 1.165) is 0 Å². The van der Waals surface area contributed by atoms with Gasteiger partial charge >= 0.3 is 5.56 Å². The summed E-state index contributed by atoms with van der Waals surface area (Å²) in [6.07, 6.45) is 1.36. The number of hydrogen-bond donors (Lipinski definition) is 1. The number of benzene rings is 1. The van der Waals surface area contributed by atoms with Crippen LogP contribution in [0.2, 0.25) is 0 Å². The van der Waals surface area contributed by atoms with Crippen LogP contribution in [0.5, 0.6) is 17.2 Å². The number of nitrogens with zero attached hydrogens (tertiary/aromatic N) is 1. The number of aromatic hydroxyl groups is 1. The molecule has 7 heteroatoms. The molecular formula is C12H11NO5S. The van der Waals surface area contributed by atoms with Gasteiger partial charge in [0, 0.05) is 18.5 Å². The van der Waals surface area contributed by atoms with Crippen LogP contribution < -0.4 is 15.0 Å². The highest BCUT2D eigenvalue weighted by molar-refractivity contribution is 7.90. The first kappa shape index (κ1) is 12.2. The summed E-state index contributed by atoms with van der Waals surface area (Å²) >= 11 is -1.57. The Balaban J connectivity index is 2.46.